The van der Waals surface area contributed by atoms with Crippen molar-refractivity contribution in [2.45, 2.75) is 19.3 Å². The molecule has 4 nitrogen and oxygen atoms in total. The first kappa shape index (κ1) is 13.9. The van der Waals surface area contributed by atoms with Gasteiger partial charge in [-0.25, -0.2) is 0 Å². The van der Waals surface area contributed by atoms with Gasteiger partial charge in [0, 0.05) is 12.6 Å². The van der Waals surface area contributed by atoms with Gasteiger partial charge in [-0.2, -0.15) is 0 Å². The van der Waals surface area contributed by atoms with E-state index in [2.05, 4.69) is 4.90 Å². The van der Waals surface area contributed by atoms with Crippen molar-refractivity contribution in [3.63, 3.8) is 0 Å². The van der Waals surface area contributed by atoms with E-state index in [9.17, 15) is 4.79 Å². The minimum Gasteiger partial charge on any atom is -0.496 e. The summed E-state index contributed by atoms with van der Waals surface area (Å²) < 4.78 is 10.8. The molecule has 1 saturated heterocycles. The molecule has 0 atom stereocenters. The molecular formula is C15H21NO3. The molecule has 1 aliphatic heterocycles. The lowest BCUT2D eigenvalue weighted by molar-refractivity contribution is 0.112. The predicted molar refractivity (Wildman–Crippen MR) is 74.2 cm³/mol. The van der Waals surface area contributed by atoms with Gasteiger partial charge in [-0.3, -0.25) is 4.79 Å². The van der Waals surface area contributed by atoms with Crippen molar-refractivity contribution < 1.29 is 14.3 Å². The summed E-state index contributed by atoms with van der Waals surface area (Å²) in [5, 5.41) is 0. The van der Waals surface area contributed by atoms with E-state index in [-0.39, 0.29) is 0 Å². The lowest BCUT2D eigenvalue weighted by atomic mass is 10.2. The van der Waals surface area contributed by atoms with Crippen LogP contribution in [-0.2, 0) is 0 Å². The molecule has 1 aromatic rings. The minimum absolute atomic E-state index is 0.548. The lowest BCUT2D eigenvalue weighted by Crippen LogP contribution is -2.21. The molecule has 0 saturated carbocycles. The first-order valence-corrected chi connectivity index (χ1v) is 6.82. The second-order valence-electron chi connectivity index (χ2n) is 4.77. The van der Waals surface area contributed by atoms with Crippen LogP contribution in [0.1, 0.15) is 29.6 Å². The smallest absolute Gasteiger partial charge is 0.153 e. The van der Waals surface area contributed by atoms with E-state index in [1.807, 2.05) is 6.07 Å². The van der Waals surface area contributed by atoms with Gasteiger partial charge in [0.2, 0.25) is 0 Å². The van der Waals surface area contributed by atoms with Crippen LogP contribution in [0, 0.1) is 0 Å². The quantitative estimate of drug-likeness (QED) is 0.559. The van der Waals surface area contributed by atoms with Crippen LogP contribution in [-0.4, -0.2) is 44.5 Å². The Hall–Kier alpha value is -1.55. The summed E-state index contributed by atoms with van der Waals surface area (Å²) in [5.41, 5.74) is 0.548. The van der Waals surface area contributed by atoms with Gasteiger partial charge in [-0.05, 0) is 44.5 Å². The Labute approximate surface area is 114 Å². The van der Waals surface area contributed by atoms with Crippen LogP contribution < -0.4 is 9.47 Å². The van der Waals surface area contributed by atoms with E-state index >= 15 is 0 Å². The number of likely N-dealkylation sites (tertiary alicyclic amines) is 1. The van der Waals surface area contributed by atoms with Gasteiger partial charge >= 0.3 is 0 Å². The zero-order valence-electron chi connectivity index (χ0n) is 11.4. The number of ether oxygens (including phenoxy) is 2. The maximum atomic E-state index is 10.8. The van der Waals surface area contributed by atoms with E-state index in [1.165, 1.54) is 25.9 Å². The summed E-state index contributed by atoms with van der Waals surface area (Å²) in [6.45, 7) is 4.24. The fourth-order valence-corrected chi connectivity index (χ4v) is 2.36. The first-order chi connectivity index (χ1) is 9.33. The maximum Gasteiger partial charge on any atom is 0.153 e. The summed E-state index contributed by atoms with van der Waals surface area (Å²) >= 11 is 0. The molecule has 0 N–H and O–H groups in total. The number of methoxy groups -OCH3 is 1. The standard InChI is InChI=1S/C15H21NO3/c1-18-15-11-14(6-5-13(15)12-17)19-10-4-9-16-7-2-3-8-16/h5-6,11-12H,2-4,7-10H2,1H3. The van der Waals surface area contributed by atoms with Crippen LogP contribution >= 0.6 is 0 Å². The zero-order chi connectivity index (χ0) is 13.5. The minimum atomic E-state index is 0.548. The lowest BCUT2D eigenvalue weighted by Gasteiger charge is -2.14. The summed E-state index contributed by atoms with van der Waals surface area (Å²) in [6.07, 6.45) is 4.46. The molecule has 1 fully saturated rings. The fraction of sp³-hybridized carbons (Fsp3) is 0.533. The normalized spacial score (nSPS) is 15.4. The van der Waals surface area contributed by atoms with Crippen molar-refractivity contribution in [2.75, 3.05) is 33.4 Å². The van der Waals surface area contributed by atoms with Crippen molar-refractivity contribution in [1.29, 1.82) is 0 Å². The average Bonchev–Trinajstić information content (AvgIpc) is 2.96. The summed E-state index contributed by atoms with van der Waals surface area (Å²) in [4.78, 5) is 13.3. The Kier molecular flexibility index (Phi) is 5.21. The van der Waals surface area contributed by atoms with Crippen molar-refractivity contribution in [1.82, 2.24) is 4.90 Å². The van der Waals surface area contributed by atoms with E-state index in [1.54, 1.807) is 19.2 Å². The Balaban J connectivity index is 1.77. The molecule has 19 heavy (non-hydrogen) atoms. The predicted octanol–water partition coefficient (Wildman–Crippen LogP) is 2.37. The summed E-state index contributed by atoms with van der Waals surface area (Å²) in [5.74, 6) is 1.32. The highest BCUT2D eigenvalue weighted by molar-refractivity contribution is 5.79. The highest BCUT2D eigenvalue weighted by atomic mass is 16.5. The number of carbonyl (C=O) groups excluding carboxylic acids is 1. The van der Waals surface area contributed by atoms with Gasteiger partial charge in [0.1, 0.15) is 11.5 Å². The Morgan fingerprint density at radius 3 is 2.79 bits per heavy atom. The molecule has 0 radical (unpaired) electrons. The zero-order valence-corrected chi connectivity index (χ0v) is 11.4. The van der Waals surface area contributed by atoms with Crippen molar-refractivity contribution in [3.8, 4) is 11.5 Å². The molecule has 1 aliphatic rings. The van der Waals surface area contributed by atoms with Gasteiger partial charge in [0.15, 0.2) is 6.29 Å². The molecule has 4 heteroatoms. The van der Waals surface area contributed by atoms with Crippen LogP contribution in [0.3, 0.4) is 0 Å². The van der Waals surface area contributed by atoms with Gasteiger partial charge < -0.3 is 14.4 Å². The molecule has 0 aromatic heterocycles. The SMILES string of the molecule is COc1cc(OCCCN2CCCC2)ccc1C=O. The van der Waals surface area contributed by atoms with Crippen LogP contribution in [0.15, 0.2) is 18.2 Å². The van der Waals surface area contributed by atoms with Crippen molar-refractivity contribution in [2.24, 2.45) is 0 Å². The first-order valence-electron chi connectivity index (χ1n) is 6.82. The summed E-state index contributed by atoms with van der Waals surface area (Å²) in [6, 6.07) is 5.29. The van der Waals surface area contributed by atoms with Crippen LogP contribution in [0.4, 0.5) is 0 Å². The number of rotatable bonds is 7. The highest BCUT2D eigenvalue weighted by Gasteiger charge is 2.10. The van der Waals surface area contributed by atoms with Gasteiger partial charge in [-0.15, -0.1) is 0 Å². The van der Waals surface area contributed by atoms with Crippen LogP contribution in [0.5, 0.6) is 11.5 Å². The second-order valence-corrected chi connectivity index (χ2v) is 4.77. The number of benzene rings is 1. The third-order valence-electron chi connectivity index (χ3n) is 3.42. The number of hydrogen-bond donors (Lipinski definition) is 0. The Morgan fingerprint density at radius 2 is 2.11 bits per heavy atom. The summed E-state index contributed by atoms with van der Waals surface area (Å²) in [7, 11) is 1.56. The third kappa shape index (κ3) is 3.96. The van der Waals surface area contributed by atoms with E-state index in [4.69, 9.17) is 9.47 Å². The molecule has 0 aliphatic carbocycles. The molecule has 1 aromatic carbocycles. The van der Waals surface area contributed by atoms with Gasteiger partial charge in [-0.1, -0.05) is 0 Å². The Morgan fingerprint density at radius 1 is 1.32 bits per heavy atom. The highest BCUT2D eigenvalue weighted by Crippen LogP contribution is 2.23. The second kappa shape index (κ2) is 7.14. The number of carbonyl (C=O) groups is 1. The third-order valence-corrected chi connectivity index (χ3v) is 3.42. The van der Waals surface area contributed by atoms with E-state index in [0.29, 0.717) is 17.9 Å². The maximum absolute atomic E-state index is 10.8. The molecule has 0 unspecified atom stereocenters. The van der Waals surface area contributed by atoms with E-state index in [0.717, 1.165) is 25.0 Å². The monoisotopic (exact) mass is 263 g/mol. The van der Waals surface area contributed by atoms with Gasteiger partial charge in [0.25, 0.3) is 0 Å². The number of hydrogen-bond acceptors (Lipinski definition) is 4. The Bertz CT molecular complexity index is 414. The van der Waals surface area contributed by atoms with Gasteiger partial charge in [0.05, 0.1) is 19.3 Å². The molecule has 1 heterocycles. The number of aldehydes is 1. The molecular weight excluding hydrogens is 242 g/mol. The van der Waals surface area contributed by atoms with E-state index < -0.39 is 0 Å². The topological polar surface area (TPSA) is 38.8 Å². The van der Waals surface area contributed by atoms with Crippen molar-refractivity contribution in [3.05, 3.63) is 23.8 Å². The molecule has 0 amide bonds. The van der Waals surface area contributed by atoms with Crippen LogP contribution in [0.25, 0.3) is 0 Å². The largest absolute Gasteiger partial charge is 0.496 e. The number of nitrogens with zero attached hydrogens (tertiary/aromatic N) is 1. The molecule has 0 spiro atoms. The van der Waals surface area contributed by atoms with Crippen molar-refractivity contribution >= 4 is 6.29 Å². The van der Waals surface area contributed by atoms with Crippen LogP contribution in [0.2, 0.25) is 0 Å². The molecule has 2 rings (SSSR count). The molecule has 0 bridgehead atoms. The molecule has 104 valence electrons. The fourth-order valence-electron chi connectivity index (χ4n) is 2.36. The average molecular weight is 263 g/mol.